The molecular formula is C12H11FN2S. The summed E-state index contributed by atoms with van der Waals surface area (Å²) in [6.45, 7) is 0.196. The van der Waals surface area contributed by atoms with Crippen molar-refractivity contribution in [2.75, 3.05) is 0 Å². The molecule has 0 radical (unpaired) electrons. The summed E-state index contributed by atoms with van der Waals surface area (Å²) < 4.78 is 13.4. The number of aromatic nitrogens is 1. The Kier molecular flexibility index (Phi) is 3.54. The normalized spacial score (nSPS) is 10.4. The average Bonchev–Trinajstić information content (AvgIpc) is 2.31. The van der Waals surface area contributed by atoms with Crippen molar-refractivity contribution in [1.82, 2.24) is 4.98 Å². The molecule has 1 aromatic carbocycles. The number of rotatable bonds is 3. The molecule has 2 rings (SSSR count). The molecule has 0 aliphatic heterocycles. The van der Waals surface area contributed by atoms with E-state index >= 15 is 0 Å². The summed E-state index contributed by atoms with van der Waals surface area (Å²) in [6, 6.07) is 10.6. The Labute approximate surface area is 97.7 Å². The fraction of sp³-hybridized carbons (Fsp3) is 0.0833. The molecule has 0 saturated carbocycles. The van der Waals surface area contributed by atoms with Crippen molar-refractivity contribution in [2.24, 2.45) is 5.73 Å². The molecule has 2 N–H and O–H groups in total. The van der Waals surface area contributed by atoms with Gasteiger partial charge in [0.1, 0.15) is 10.8 Å². The van der Waals surface area contributed by atoms with Gasteiger partial charge in [-0.05, 0) is 24.3 Å². The molecule has 0 atom stereocenters. The third-order valence-corrected chi connectivity index (χ3v) is 3.19. The van der Waals surface area contributed by atoms with Crippen molar-refractivity contribution in [1.29, 1.82) is 0 Å². The molecule has 16 heavy (non-hydrogen) atoms. The summed E-state index contributed by atoms with van der Waals surface area (Å²) in [4.78, 5) is 5.00. The first-order valence-electron chi connectivity index (χ1n) is 4.87. The monoisotopic (exact) mass is 234 g/mol. The molecule has 0 aliphatic rings. The van der Waals surface area contributed by atoms with Crippen LogP contribution >= 0.6 is 11.8 Å². The van der Waals surface area contributed by atoms with Crippen LogP contribution in [0.25, 0.3) is 0 Å². The van der Waals surface area contributed by atoms with Crippen molar-refractivity contribution in [3.8, 4) is 0 Å². The fourth-order valence-electron chi connectivity index (χ4n) is 1.35. The van der Waals surface area contributed by atoms with Crippen LogP contribution in [0.5, 0.6) is 0 Å². The van der Waals surface area contributed by atoms with Crippen LogP contribution in [-0.4, -0.2) is 4.98 Å². The lowest BCUT2D eigenvalue weighted by Crippen LogP contribution is -2.01. The van der Waals surface area contributed by atoms with Gasteiger partial charge in [0.25, 0.3) is 0 Å². The summed E-state index contributed by atoms with van der Waals surface area (Å²) in [5.74, 6) is -0.261. The first-order valence-corrected chi connectivity index (χ1v) is 5.69. The van der Waals surface area contributed by atoms with Crippen LogP contribution in [0.2, 0.25) is 0 Å². The number of nitrogens with zero attached hydrogens (tertiary/aromatic N) is 1. The van der Waals surface area contributed by atoms with Crippen LogP contribution in [0, 0.1) is 5.82 Å². The van der Waals surface area contributed by atoms with E-state index < -0.39 is 0 Å². The van der Waals surface area contributed by atoms with E-state index in [0.717, 1.165) is 9.92 Å². The van der Waals surface area contributed by atoms with Crippen molar-refractivity contribution in [3.05, 3.63) is 54.0 Å². The van der Waals surface area contributed by atoms with Gasteiger partial charge < -0.3 is 5.73 Å². The number of hydrogen-bond donors (Lipinski definition) is 1. The maximum atomic E-state index is 13.4. The summed E-state index contributed by atoms with van der Waals surface area (Å²) in [5.41, 5.74) is 6.07. The highest BCUT2D eigenvalue weighted by Crippen LogP contribution is 2.29. The van der Waals surface area contributed by atoms with E-state index in [4.69, 9.17) is 5.73 Å². The number of halogens is 1. The Balaban J connectivity index is 2.31. The highest BCUT2D eigenvalue weighted by atomic mass is 32.2. The number of pyridine rings is 1. The van der Waals surface area contributed by atoms with Gasteiger partial charge in [-0.1, -0.05) is 23.9 Å². The molecule has 0 bridgehead atoms. The highest BCUT2D eigenvalue weighted by Gasteiger charge is 2.08. The minimum atomic E-state index is -0.261. The van der Waals surface area contributed by atoms with E-state index in [1.807, 2.05) is 24.3 Å². The third-order valence-electron chi connectivity index (χ3n) is 2.13. The third kappa shape index (κ3) is 2.40. The van der Waals surface area contributed by atoms with Gasteiger partial charge in [-0.2, -0.15) is 0 Å². The van der Waals surface area contributed by atoms with Crippen LogP contribution in [0.4, 0.5) is 4.39 Å². The number of nitrogens with two attached hydrogens (primary N) is 1. The van der Waals surface area contributed by atoms with Crippen molar-refractivity contribution >= 4 is 11.8 Å². The van der Waals surface area contributed by atoms with Crippen molar-refractivity contribution < 1.29 is 4.39 Å². The van der Waals surface area contributed by atoms with E-state index in [2.05, 4.69) is 4.98 Å². The Morgan fingerprint density at radius 2 is 2.06 bits per heavy atom. The molecular weight excluding hydrogens is 223 g/mol. The number of hydrogen-bond acceptors (Lipinski definition) is 3. The zero-order valence-electron chi connectivity index (χ0n) is 8.56. The summed E-state index contributed by atoms with van der Waals surface area (Å²) in [6.07, 6.45) is 1.71. The van der Waals surface area contributed by atoms with Gasteiger partial charge in [0, 0.05) is 23.2 Å². The van der Waals surface area contributed by atoms with Gasteiger partial charge in [0.2, 0.25) is 0 Å². The first kappa shape index (κ1) is 11.1. The molecule has 1 aromatic heterocycles. The zero-order valence-corrected chi connectivity index (χ0v) is 9.38. The molecule has 0 fully saturated rings. The Morgan fingerprint density at radius 1 is 1.19 bits per heavy atom. The standard InChI is InChI=1S/C12H11FN2S/c13-10-4-3-5-11(9(10)8-14)16-12-6-1-2-7-15-12/h1-7H,8,14H2. The molecule has 0 spiro atoms. The molecule has 0 aliphatic carbocycles. The second-order valence-corrected chi connectivity index (χ2v) is 4.25. The van der Waals surface area contributed by atoms with Crippen LogP contribution in [-0.2, 0) is 6.54 Å². The minimum Gasteiger partial charge on any atom is -0.326 e. The largest absolute Gasteiger partial charge is 0.326 e. The second-order valence-electron chi connectivity index (χ2n) is 3.19. The van der Waals surface area contributed by atoms with Gasteiger partial charge >= 0.3 is 0 Å². The summed E-state index contributed by atoms with van der Waals surface area (Å²) in [7, 11) is 0. The van der Waals surface area contributed by atoms with Crippen molar-refractivity contribution in [3.63, 3.8) is 0 Å². The lowest BCUT2D eigenvalue weighted by Gasteiger charge is -2.07. The summed E-state index contributed by atoms with van der Waals surface area (Å²) in [5, 5.41) is 0.836. The Morgan fingerprint density at radius 3 is 2.75 bits per heavy atom. The van der Waals surface area contributed by atoms with Gasteiger partial charge in [-0.3, -0.25) is 0 Å². The molecule has 4 heteroatoms. The van der Waals surface area contributed by atoms with Crippen LogP contribution in [0.3, 0.4) is 0 Å². The maximum Gasteiger partial charge on any atom is 0.128 e. The van der Waals surface area contributed by atoms with E-state index in [9.17, 15) is 4.39 Å². The molecule has 0 amide bonds. The quantitative estimate of drug-likeness (QED) is 0.887. The van der Waals surface area contributed by atoms with Crippen LogP contribution in [0.15, 0.2) is 52.5 Å². The Bertz CT molecular complexity index is 474. The molecule has 82 valence electrons. The topological polar surface area (TPSA) is 38.9 Å². The van der Waals surface area contributed by atoms with E-state index in [1.54, 1.807) is 12.3 Å². The lowest BCUT2D eigenvalue weighted by atomic mass is 10.2. The van der Waals surface area contributed by atoms with E-state index in [1.165, 1.54) is 17.8 Å². The zero-order chi connectivity index (χ0) is 11.4. The molecule has 2 aromatic rings. The average molecular weight is 234 g/mol. The summed E-state index contributed by atoms with van der Waals surface area (Å²) >= 11 is 1.42. The fourth-order valence-corrected chi connectivity index (χ4v) is 2.29. The highest BCUT2D eigenvalue weighted by molar-refractivity contribution is 7.99. The van der Waals surface area contributed by atoms with Gasteiger partial charge in [-0.15, -0.1) is 0 Å². The Hall–Kier alpha value is -1.39. The van der Waals surface area contributed by atoms with Crippen molar-refractivity contribution in [2.45, 2.75) is 16.5 Å². The van der Waals surface area contributed by atoms with Gasteiger partial charge in [0.05, 0.1) is 0 Å². The molecule has 0 unspecified atom stereocenters. The molecule has 2 nitrogen and oxygen atoms in total. The molecule has 0 saturated heterocycles. The number of benzene rings is 1. The van der Waals surface area contributed by atoms with E-state index in [-0.39, 0.29) is 12.4 Å². The van der Waals surface area contributed by atoms with Gasteiger partial charge in [-0.25, -0.2) is 9.37 Å². The van der Waals surface area contributed by atoms with Crippen LogP contribution < -0.4 is 5.73 Å². The predicted molar refractivity (Wildman–Crippen MR) is 62.7 cm³/mol. The minimum absolute atomic E-state index is 0.196. The van der Waals surface area contributed by atoms with Gasteiger partial charge in [0.15, 0.2) is 0 Å². The molecule has 1 heterocycles. The van der Waals surface area contributed by atoms with E-state index in [0.29, 0.717) is 5.56 Å². The first-order chi connectivity index (χ1) is 7.81. The SMILES string of the molecule is NCc1c(F)cccc1Sc1ccccn1. The second kappa shape index (κ2) is 5.09. The maximum absolute atomic E-state index is 13.4. The van der Waals surface area contributed by atoms with Crippen LogP contribution in [0.1, 0.15) is 5.56 Å². The predicted octanol–water partition coefficient (Wildman–Crippen LogP) is 2.83. The lowest BCUT2D eigenvalue weighted by molar-refractivity contribution is 0.604. The smallest absolute Gasteiger partial charge is 0.128 e.